The molecule has 2 aromatic heterocycles. The largest absolute Gasteiger partial charge is 0.309 e. The van der Waals surface area contributed by atoms with E-state index in [0.29, 0.717) is 17.5 Å². The minimum absolute atomic E-state index is 0.0552. The predicted molar refractivity (Wildman–Crippen MR) is 349 cm³/mol. The van der Waals surface area contributed by atoms with E-state index in [1.165, 1.54) is 55.2 Å². The summed E-state index contributed by atoms with van der Waals surface area (Å²) in [6.07, 6.45) is 0. The Balaban J connectivity index is 0.995. The number of aromatic nitrogens is 4. The van der Waals surface area contributed by atoms with Crippen molar-refractivity contribution < 1.29 is 0 Å². The van der Waals surface area contributed by atoms with Crippen molar-refractivity contribution in [2.75, 3.05) is 0 Å². The van der Waals surface area contributed by atoms with Crippen LogP contribution in [0.15, 0.2) is 291 Å². The molecule has 0 radical (unpaired) electrons. The van der Waals surface area contributed by atoms with Crippen molar-refractivity contribution in [1.82, 2.24) is 19.5 Å². The van der Waals surface area contributed by atoms with Gasteiger partial charge in [0.2, 0.25) is 0 Å². The molecule has 1 aliphatic rings. The van der Waals surface area contributed by atoms with Crippen LogP contribution in [0.25, 0.3) is 128 Å². The highest BCUT2D eigenvalue weighted by molar-refractivity contribution is 6.09. The molecule has 4 heteroatoms. The molecule has 398 valence electrons. The van der Waals surface area contributed by atoms with Crippen LogP contribution in [0.3, 0.4) is 0 Å². The van der Waals surface area contributed by atoms with Crippen molar-refractivity contribution in [3.63, 3.8) is 0 Å². The van der Waals surface area contributed by atoms with Crippen LogP contribution in [0.4, 0.5) is 0 Å². The number of fused-ring (bicyclic) bond motifs is 6. The van der Waals surface area contributed by atoms with Gasteiger partial charge in [0.1, 0.15) is 0 Å². The first-order valence-corrected chi connectivity index (χ1v) is 29.0. The van der Waals surface area contributed by atoms with Crippen LogP contribution in [0.1, 0.15) is 48.9 Å². The van der Waals surface area contributed by atoms with Gasteiger partial charge >= 0.3 is 0 Å². The third-order valence-electron chi connectivity index (χ3n) is 16.9. The van der Waals surface area contributed by atoms with Crippen LogP contribution in [0.2, 0.25) is 0 Å². The maximum Gasteiger partial charge on any atom is 0.164 e. The Kier molecular flexibility index (Phi) is 12.5. The summed E-state index contributed by atoms with van der Waals surface area (Å²) in [7, 11) is 0. The minimum Gasteiger partial charge on any atom is -0.309 e. The van der Waals surface area contributed by atoms with E-state index in [-0.39, 0.29) is 11.3 Å². The standard InChI is InChI=1S/C80H58N4/c1-80(2,3)63-41-43-68-71(50-63)65-44-42-64(84-73-35-21-19-33-66(73)67-34-20-22-36-74(67)84)51-72(65)75(68)76-69(56-29-15-7-16-30-56)48-62(49-70(76)57-31-17-8-18-32-57)79-82-77(58-39-37-55(38-40-58)52-23-9-4-10-24-52)81-78(83-79)61-46-59(53-25-11-5-12-26-53)45-60(47-61)54-27-13-6-14-28-54/h4-51,75H,1-3H3. The Bertz CT molecular complexity index is 4600. The summed E-state index contributed by atoms with van der Waals surface area (Å²) in [6.45, 7) is 6.94. The molecule has 0 aliphatic heterocycles. The molecule has 0 bridgehead atoms. The van der Waals surface area contributed by atoms with E-state index < -0.39 is 0 Å². The maximum absolute atomic E-state index is 5.60. The molecule has 0 N–H and O–H groups in total. The molecule has 1 unspecified atom stereocenters. The highest BCUT2D eigenvalue weighted by Crippen LogP contribution is 2.55. The van der Waals surface area contributed by atoms with Gasteiger partial charge in [0, 0.05) is 39.1 Å². The van der Waals surface area contributed by atoms with Crippen LogP contribution >= 0.6 is 0 Å². The smallest absolute Gasteiger partial charge is 0.164 e. The first-order chi connectivity index (χ1) is 41.3. The van der Waals surface area contributed by atoms with E-state index in [4.69, 9.17) is 15.0 Å². The fraction of sp³-hybridized carbons (Fsp3) is 0.0625. The Morgan fingerprint density at radius 2 is 0.690 bits per heavy atom. The average molecular weight is 1080 g/mol. The van der Waals surface area contributed by atoms with Gasteiger partial charge < -0.3 is 4.57 Å². The minimum atomic E-state index is -0.152. The fourth-order valence-electron chi connectivity index (χ4n) is 12.7. The van der Waals surface area contributed by atoms with Gasteiger partial charge in [-0.15, -0.1) is 0 Å². The molecule has 14 aromatic rings. The monoisotopic (exact) mass is 1070 g/mol. The first kappa shape index (κ1) is 50.4. The van der Waals surface area contributed by atoms with Crippen LogP contribution in [-0.4, -0.2) is 19.5 Å². The fourth-order valence-corrected chi connectivity index (χ4v) is 12.7. The second-order valence-corrected chi connectivity index (χ2v) is 23.1. The van der Waals surface area contributed by atoms with Gasteiger partial charge in [-0.1, -0.05) is 257 Å². The predicted octanol–water partition coefficient (Wildman–Crippen LogP) is 20.8. The van der Waals surface area contributed by atoms with Gasteiger partial charge in [0.15, 0.2) is 17.5 Å². The summed E-state index contributed by atoms with van der Waals surface area (Å²) in [4.78, 5) is 16.6. The molecule has 0 fully saturated rings. The first-order valence-electron chi connectivity index (χ1n) is 29.0. The van der Waals surface area contributed by atoms with E-state index in [9.17, 15) is 0 Å². The molecule has 0 saturated carbocycles. The van der Waals surface area contributed by atoms with Crippen molar-refractivity contribution in [1.29, 1.82) is 0 Å². The van der Waals surface area contributed by atoms with Crippen molar-refractivity contribution in [2.24, 2.45) is 0 Å². The van der Waals surface area contributed by atoms with E-state index in [0.717, 1.165) is 78.0 Å². The van der Waals surface area contributed by atoms with E-state index in [1.54, 1.807) is 0 Å². The summed E-state index contributed by atoms with van der Waals surface area (Å²) in [5.41, 5.74) is 24.9. The van der Waals surface area contributed by atoms with Gasteiger partial charge in [-0.25, -0.2) is 15.0 Å². The number of nitrogens with zero attached hydrogens (tertiary/aromatic N) is 4. The van der Waals surface area contributed by atoms with Crippen molar-refractivity contribution in [3.05, 3.63) is 313 Å². The number of rotatable bonds is 10. The van der Waals surface area contributed by atoms with E-state index in [2.05, 4.69) is 317 Å². The van der Waals surface area contributed by atoms with Crippen LogP contribution < -0.4 is 0 Å². The third kappa shape index (κ3) is 9.10. The van der Waals surface area contributed by atoms with Gasteiger partial charge in [0.25, 0.3) is 0 Å². The van der Waals surface area contributed by atoms with E-state index >= 15 is 0 Å². The highest BCUT2D eigenvalue weighted by Gasteiger charge is 2.36. The van der Waals surface area contributed by atoms with E-state index in [1.807, 2.05) is 0 Å². The zero-order chi connectivity index (χ0) is 56.3. The summed E-state index contributed by atoms with van der Waals surface area (Å²) >= 11 is 0. The van der Waals surface area contributed by atoms with Gasteiger partial charge in [-0.2, -0.15) is 0 Å². The second kappa shape index (κ2) is 20.8. The molecular weight excluding hydrogens is 1020 g/mol. The number of benzene rings is 12. The van der Waals surface area contributed by atoms with Crippen molar-refractivity contribution in [3.8, 4) is 107 Å². The molecule has 4 nitrogen and oxygen atoms in total. The number of hydrogen-bond donors (Lipinski definition) is 0. The molecule has 2 heterocycles. The molecule has 1 atom stereocenters. The molecule has 0 amide bonds. The summed E-state index contributed by atoms with van der Waals surface area (Å²) in [5, 5.41) is 2.48. The molecule has 12 aromatic carbocycles. The van der Waals surface area contributed by atoms with Crippen LogP contribution in [0.5, 0.6) is 0 Å². The zero-order valence-electron chi connectivity index (χ0n) is 47.1. The lowest BCUT2D eigenvalue weighted by atomic mass is 9.78. The molecular formula is C80H58N4. The van der Waals surface area contributed by atoms with Gasteiger partial charge in [-0.3, -0.25) is 0 Å². The lowest BCUT2D eigenvalue weighted by Gasteiger charge is -2.25. The van der Waals surface area contributed by atoms with Crippen molar-refractivity contribution in [2.45, 2.75) is 32.1 Å². The third-order valence-corrected chi connectivity index (χ3v) is 16.9. The highest BCUT2D eigenvalue weighted by atomic mass is 15.0. The van der Waals surface area contributed by atoms with Crippen molar-refractivity contribution >= 4 is 21.8 Å². The topological polar surface area (TPSA) is 43.6 Å². The molecule has 84 heavy (non-hydrogen) atoms. The van der Waals surface area contributed by atoms with Crippen LogP contribution in [0, 0.1) is 0 Å². The molecule has 1 aliphatic carbocycles. The van der Waals surface area contributed by atoms with Crippen LogP contribution in [-0.2, 0) is 5.41 Å². The SMILES string of the molecule is CC(C)(C)c1ccc2c(c1)-c1ccc(-n3c4ccccc4c4ccccc43)cc1C2c1c(-c2ccccc2)cc(-c2nc(-c3ccc(-c4ccccc4)cc3)nc(-c3cc(-c4ccccc4)cc(-c4ccccc4)c3)n2)cc1-c1ccccc1. The summed E-state index contributed by atoms with van der Waals surface area (Å²) in [5.74, 6) is 1.62. The molecule has 0 spiro atoms. The molecule has 15 rings (SSSR count). The maximum atomic E-state index is 5.60. The average Bonchev–Trinajstić information content (AvgIpc) is 1.94. The quantitative estimate of drug-likeness (QED) is 0.137. The lowest BCUT2D eigenvalue weighted by Crippen LogP contribution is -2.11. The second-order valence-electron chi connectivity index (χ2n) is 23.1. The summed E-state index contributed by atoms with van der Waals surface area (Å²) in [6, 6.07) is 106. The number of para-hydroxylation sites is 2. The van der Waals surface area contributed by atoms with Gasteiger partial charge in [-0.05, 0) is 149 Å². The van der Waals surface area contributed by atoms with Gasteiger partial charge in [0.05, 0.1) is 11.0 Å². The number of hydrogen-bond acceptors (Lipinski definition) is 3. The molecule has 0 saturated heterocycles. The Hall–Kier alpha value is -10.6. The zero-order valence-corrected chi connectivity index (χ0v) is 47.1. The Morgan fingerprint density at radius 3 is 1.19 bits per heavy atom. The Morgan fingerprint density at radius 1 is 0.286 bits per heavy atom. The lowest BCUT2D eigenvalue weighted by molar-refractivity contribution is 0.590. The Labute approximate surface area is 490 Å². The normalized spacial score (nSPS) is 12.8. The summed E-state index contributed by atoms with van der Waals surface area (Å²) < 4.78 is 2.45.